The van der Waals surface area contributed by atoms with Crippen LogP contribution in [-0.2, 0) is 32.1 Å². The first kappa shape index (κ1) is 30.9. The Morgan fingerprint density at radius 3 is 1.19 bits per heavy atom. The van der Waals surface area contributed by atoms with Crippen LogP contribution < -0.4 is 0 Å². The number of hydrogen-bond donors (Lipinski definition) is 0. The summed E-state index contributed by atoms with van der Waals surface area (Å²) in [6.45, 7) is 13.1. The van der Waals surface area contributed by atoms with Crippen LogP contribution >= 0.6 is 0 Å². The zero-order chi connectivity index (χ0) is 21.5. The summed E-state index contributed by atoms with van der Waals surface area (Å²) >= 11 is 0. The Bertz CT molecular complexity index is 754. The van der Waals surface area contributed by atoms with E-state index >= 15 is 0 Å². The third-order valence-corrected chi connectivity index (χ3v) is 5.29. The van der Waals surface area contributed by atoms with Crippen LogP contribution in [0.1, 0.15) is 82.9 Å². The predicted octanol–water partition coefficient (Wildman–Crippen LogP) is 9.45. The largest absolute Gasteiger partial charge is 0.0776 e. The maximum atomic E-state index is 2.28. The van der Waals surface area contributed by atoms with E-state index in [4.69, 9.17) is 0 Å². The molecule has 3 rings (SSSR count). The minimum atomic E-state index is 0. The summed E-state index contributed by atoms with van der Waals surface area (Å²) in [4.78, 5) is 0. The van der Waals surface area contributed by atoms with E-state index in [1.165, 1.54) is 33.4 Å². The van der Waals surface area contributed by atoms with Crippen LogP contribution in [0.5, 0.6) is 0 Å². The number of rotatable bonds is 5. The SMILES string of the molecule is C.C.CCc1ccc(CC)cc1.CCc1cccc(CC)c1.CCc1ccccc1C. The van der Waals surface area contributed by atoms with Crippen molar-refractivity contribution in [2.24, 2.45) is 0 Å². The molecule has 0 spiro atoms. The molecule has 0 saturated heterocycles. The van der Waals surface area contributed by atoms with E-state index in [0.717, 1.165) is 32.1 Å². The first-order valence-corrected chi connectivity index (χ1v) is 11.3. The van der Waals surface area contributed by atoms with Crippen molar-refractivity contribution < 1.29 is 0 Å². The number of benzene rings is 3. The van der Waals surface area contributed by atoms with Crippen LogP contribution in [0.15, 0.2) is 72.8 Å². The molecule has 0 nitrogen and oxygen atoms in total. The molecule has 0 fully saturated rings. The predicted molar refractivity (Wildman–Crippen MR) is 144 cm³/mol. The van der Waals surface area contributed by atoms with Crippen LogP contribution in [0.25, 0.3) is 0 Å². The van der Waals surface area contributed by atoms with Gasteiger partial charge in [-0.3, -0.25) is 0 Å². The molecule has 0 saturated carbocycles. The van der Waals surface area contributed by atoms with Gasteiger partial charge >= 0.3 is 0 Å². The molecular formula is C31H48. The van der Waals surface area contributed by atoms with Crippen molar-refractivity contribution in [1.82, 2.24) is 0 Å². The van der Waals surface area contributed by atoms with E-state index in [9.17, 15) is 0 Å². The summed E-state index contributed by atoms with van der Waals surface area (Å²) in [5, 5.41) is 0. The summed E-state index contributed by atoms with van der Waals surface area (Å²) < 4.78 is 0. The van der Waals surface area contributed by atoms with Gasteiger partial charge in [0, 0.05) is 0 Å². The van der Waals surface area contributed by atoms with E-state index in [2.05, 4.69) is 114 Å². The van der Waals surface area contributed by atoms with Gasteiger partial charge in [0.2, 0.25) is 0 Å². The Balaban J connectivity index is 0. The minimum absolute atomic E-state index is 0. The molecule has 31 heavy (non-hydrogen) atoms. The van der Waals surface area contributed by atoms with Crippen LogP contribution in [-0.4, -0.2) is 0 Å². The van der Waals surface area contributed by atoms with E-state index in [-0.39, 0.29) is 14.9 Å². The van der Waals surface area contributed by atoms with Gasteiger partial charge in [0.1, 0.15) is 0 Å². The maximum Gasteiger partial charge on any atom is -0.0305 e. The molecule has 0 N–H and O–H groups in total. The molecule has 0 heteroatoms. The van der Waals surface area contributed by atoms with Crippen LogP contribution in [0.2, 0.25) is 0 Å². The molecular weight excluding hydrogens is 372 g/mol. The first-order chi connectivity index (χ1) is 14.1. The Kier molecular flexibility index (Phi) is 18.3. The highest BCUT2D eigenvalue weighted by molar-refractivity contribution is 5.25. The molecule has 0 aliphatic heterocycles. The molecule has 0 aliphatic rings. The van der Waals surface area contributed by atoms with Crippen LogP contribution in [0.4, 0.5) is 0 Å². The highest BCUT2D eigenvalue weighted by Crippen LogP contribution is 2.07. The summed E-state index contributed by atoms with van der Waals surface area (Å²) in [7, 11) is 0. The molecule has 0 amide bonds. The van der Waals surface area contributed by atoms with Gasteiger partial charge in [0.25, 0.3) is 0 Å². The van der Waals surface area contributed by atoms with E-state index < -0.39 is 0 Å². The van der Waals surface area contributed by atoms with E-state index in [0.29, 0.717) is 0 Å². The summed E-state index contributed by atoms with van der Waals surface area (Å²) in [6, 6.07) is 26.1. The third-order valence-electron chi connectivity index (χ3n) is 5.29. The molecule has 0 aliphatic carbocycles. The van der Waals surface area contributed by atoms with Crippen LogP contribution in [0.3, 0.4) is 0 Å². The van der Waals surface area contributed by atoms with E-state index in [1.54, 1.807) is 0 Å². The first-order valence-electron chi connectivity index (χ1n) is 11.3. The summed E-state index contributed by atoms with van der Waals surface area (Å²) in [6.07, 6.45) is 5.72. The highest BCUT2D eigenvalue weighted by atomic mass is 14.0. The zero-order valence-corrected chi connectivity index (χ0v) is 19.5. The molecule has 0 bridgehead atoms. The van der Waals surface area contributed by atoms with Crippen molar-refractivity contribution in [3.63, 3.8) is 0 Å². The molecule has 0 aromatic heterocycles. The van der Waals surface area contributed by atoms with Crippen molar-refractivity contribution in [2.45, 2.75) is 88.5 Å². The Morgan fingerprint density at radius 2 is 0.871 bits per heavy atom. The molecule has 0 unspecified atom stereocenters. The second-order valence-corrected chi connectivity index (χ2v) is 7.33. The lowest BCUT2D eigenvalue weighted by molar-refractivity contribution is 1.09. The third kappa shape index (κ3) is 12.2. The van der Waals surface area contributed by atoms with Gasteiger partial charge in [-0.2, -0.15) is 0 Å². The second-order valence-electron chi connectivity index (χ2n) is 7.33. The summed E-state index contributed by atoms with van der Waals surface area (Å²) in [5.74, 6) is 0. The Morgan fingerprint density at radius 1 is 0.452 bits per heavy atom. The fourth-order valence-electron chi connectivity index (χ4n) is 3.09. The second kappa shape index (κ2) is 18.4. The molecule has 0 atom stereocenters. The topological polar surface area (TPSA) is 0 Å². The van der Waals surface area contributed by atoms with Crippen molar-refractivity contribution >= 4 is 0 Å². The maximum absolute atomic E-state index is 2.28. The van der Waals surface area contributed by atoms with Gasteiger partial charge < -0.3 is 0 Å². The average molecular weight is 421 g/mol. The normalized spacial score (nSPS) is 9.10. The fraction of sp³-hybridized carbons (Fsp3) is 0.419. The van der Waals surface area contributed by atoms with Gasteiger partial charge in [-0.15, -0.1) is 0 Å². The van der Waals surface area contributed by atoms with Gasteiger partial charge in [0.05, 0.1) is 0 Å². The molecule has 172 valence electrons. The fourth-order valence-corrected chi connectivity index (χ4v) is 3.09. The lowest BCUT2D eigenvalue weighted by atomic mass is 10.1. The summed E-state index contributed by atoms with van der Waals surface area (Å²) in [5.41, 5.74) is 8.60. The van der Waals surface area contributed by atoms with Crippen molar-refractivity contribution in [3.05, 3.63) is 106 Å². The molecule has 0 radical (unpaired) electrons. The monoisotopic (exact) mass is 420 g/mol. The lowest BCUT2D eigenvalue weighted by Gasteiger charge is -1.98. The zero-order valence-electron chi connectivity index (χ0n) is 19.5. The van der Waals surface area contributed by atoms with Crippen LogP contribution in [0, 0.1) is 6.92 Å². The quantitative estimate of drug-likeness (QED) is 0.385. The van der Waals surface area contributed by atoms with Crippen molar-refractivity contribution in [3.8, 4) is 0 Å². The number of aryl methyl sites for hydroxylation is 6. The van der Waals surface area contributed by atoms with Gasteiger partial charge in [-0.1, -0.05) is 122 Å². The highest BCUT2D eigenvalue weighted by Gasteiger charge is 1.90. The standard InChI is InChI=1S/2C10H14.C9H12.2CH4/c1-3-9-5-7-10(4-2)8-6-9;1-3-9-6-5-7-10(4-2)8-9;1-3-9-7-5-4-6-8(9)2;;/h2*5-8H,3-4H2,1-2H3;4-7H,3H2,1-2H3;2*1H4. The lowest BCUT2D eigenvalue weighted by Crippen LogP contribution is -1.83. The molecule has 0 heterocycles. The minimum Gasteiger partial charge on any atom is -0.0776 e. The van der Waals surface area contributed by atoms with Crippen molar-refractivity contribution in [2.75, 3.05) is 0 Å². The molecule has 3 aromatic carbocycles. The average Bonchev–Trinajstić information content (AvgIpc) is 2.80. The smallest absolute Gasteiger partial charge is 0.0305 e. The van der Waals surface area contributed by atoms with Gasteiger partial charge in [0.15, 0.2) is 0 Å². The van der Waals surface area contributed by atoms with Gasteiger partial charge in [-0.05, 0) is 72.4 Å². The number of hydrogen-bond acceptors (Lipinski definition) is 0. The van der Waals surface area contributed by atoms with Gasteiger partial charge in [-0.25, -0.2) is 0 Å². The van der Waals surface area contributed by atoms with Crippen molar-refractivity contribution in [1.29, 1.82) is 0 Å². The Labute approximate surface area is 194 Å². The molecule has 3 aromatic rings. The Hall–Kier alpha value is -2.34. The van der Waals surface area contributed by atoms with E-state index in [1.807, 2.05) is 0 Å².